The molecule has 4 aromatic rings. The van der Waals surface area contributed by atoms with E-state index in [0.717, 1.165) is 33.7 Å². The molecule has 0 aliphatic rings. The summed E-state index contributed by atoms with van der Waals surface area (Å²) in [7, 11) is 0. The average molecular weight is 458 g/mol. The lowest BCUT2D eigenvalue weighted by molar-refractivity contribution is -0.143. The lowest BCUT2D eigenvalue weighted by Crippen LogP contribution is -2.23. The highest BCUT2D eigenvalue weighted by Crippen LogP contribution is 2.30. The summed E-state index contributed by atoms with van der Waals surface area (Å²) in [4.78, 5) is 29.2. The zero-order chi connectivity index (χ0) is 22.9. The molecular formula is C23H17F3N2O3S. The summed E-state index contributed by atoms with van der Waals surface area (Å²) in [6, 6.07) is 15.4. The monoisotopic (exact) mass is 458 g/mol. The number of rotatable bonds is 4. The molecule has 0 atom stereocenters. The predicted octanol–water partition coefficient (Wildman–Crippen LogP) is 5.18. The Morgan fingerprint density at radius 3 is 2.59 bits per heavy atom. The van der Waals surface area contributed by atoms with Gasteiger partial charge < -0.3 is 9.30 Å². The summed E-state index contributed by atoms with van der Waals surface area (Å²) in [6.45, 7) is 1.70. The number of benzene rings is 3. The van der Waals surface area contributed by atoms with Gasteiger partial charge in [-0.05, 0) is 36.6 Å². The maximum Gasteiger partial charge on any atom is 0.416 e. The Bertz CT molecular complexity index is 1400. The second kappa shape index (κ2) is 8.58. The van der Waals surface area contributed by atoms with E-state index in [1.807, 2.05) is 36.4 Å². The quantitative estimate of drug-likeness (QED) is 0.396. The molecule has 0 spiro atoms. The van der Waals surface area contributed by atoms with E-state index in [1.54, 1.807) is 11.5 Å². The van der Waals surface area contributed by atoms with Gasteiger partial charge in [0.25, 0.3) is 5.91 Å². The molecular weight excluding hydrogens is 441 g/mol. The van der Waals surface area contributed by atoms with Crippen molar-refractivity contribution in [1.29, 1.82) is 0 Å². The number of amides is 1. The fraction of sp³-hybridized carbons (Fsp3) is 0.174. The number of thiazole rings is 1. The van der Waals surface area contributed by atoms with Crippen molar-refractivity contribution in [3.8, 4) is 0 Å². The van der Waals surface area contributed by atoms with Gasteiger partial charge in [0.2, 0.25) is 0 Å². The number of nitrogens with zero attached hydrogens (tertiary/aromatic N) is 2. The summed E-state index contributed by atoms with van der Waals surface area (Å²) in [5.74, 6) is -1.34. The lowest BCUT2D eigenvalue weighted by atomic mass is 10.1. The third-order valence-electron chi connectivity index (χ3n) is 4.80. The minimum absolute atomic E-state index is 0.180. The van der Waals surface area contributed by atoms with Gasteiger partial charge in [0.1, 0.15) is 6.54 Å². The number of ether oxygens (including phenoxy) is 1. The molecule has 32 heavy (non-hydrogen) atoms. The van der Waals surface area contributed by atoms with Crippen LogP contribution in [0.5, 0.6) is 0 Å². The summed E-state index contributed by atoms with van der Waals surface area (Å²) in [6.07, 6.45) is -4.57. The van der Waals surface area contributed by atoms with E-state index in [-0.39, 0.29) is 23.5 Å². The number of aromatic nitrogens is 1. The largest absolute Gasteiger partial charge is 0.465 e. The molecule has 1 aromatic heterocycles. The molecule has 0 saturated heterocycles. The number of hydrogen-bond acceptors (Lipinski definition) is 4. The summed E-state index contributed by atoms with van der Waals surface area (Å²) < 4.78 is 46.5. The second-order valence-electron chi connectivity index (χ2n) is 6.91. The van der Waals surface area contributed by atoms with Crippen LogP contribution >= 0.6 is 11.3 Å². The first kappa shape index (κ1) is 21.8. The summed E-state index contributed by atoms with van der Waals surface area (Å²) >= 11 is 1.19. The number of fused-ring (bicyclic) bond motifs is 3. The number of carbonyl (C=O) groups is 2. The van der Waals surface area contributed by atoms with Crippen molar-refractivity contribution in [3.63, 3.8) is 0 Å². The van der Waals surface area contributed by atoms with Crippen molar-refractivity contribution in [2.75, 3.05) is 6.61 Å². The van der Waals surface area contributed by atoms with E-state index in [1.165, 1.54) is 17.4 Å². The molecule has 0 aliphatic carbocycles. The molecule has 1 amide bonds. The van der Waals surface area contributed by atoms with E-state index < -0.39 is 23.6 Å². The highest BCUT2D eigenvalue weighted by atomic mass is 32.1. The molecule has 0 fully saturated rings. The fourth-order valence-corrected chi connectivity index (χ4v) is 4.52. The molecule has 0 aliphatic heterocycles. The van der Waals surface area contributed by atoms with Gasteiger partial charge in [-0.3, -0.25) is 9.59 Å². The molecule has 4 rings (SSSR count). The zero-order valence-electron chi connectivity index (χ0n) is 16.8. The first-order valence-electron chi connectivity index (χ1n) is 9.71. The SMILES string of the molecule is CCOC(=O)Cn1c(=NC(=O)c2cccc(C(F)(F)F)c2)sc2c3ccccc3ccc21. The first-order chi connectivity index (χ1) is 15.3. The van der Waals surface area contributed by atoms with Crippen molar-refractivity contribution >= 4 is 44.2 Å². The molecule has 3 aromatic carbocycles. The van der Waals surface area contributed by atoms with Crippen molar-refractivity contribution in [1.82, 2.24) is 4.57 Å². The van der Waals surface area contributed by atoms with Gasteiger partial charge in [-0.15, -0.1) is 0 Å². The number of alkyl halides is 3. The Hall–Kier alpha value is -3.46. The second-order valence-corrected chi connectivity index (χ2v) is 7.88. The molecule has 5 nitrogen and oxygen atoms in total. The van der Waals surface area contributed by atoms with E-state index in [9.17, 15) is 22.8 Å². The Morgan fingerprint density at radius 1 is 1.06 bits per heavy atom. The Kier molecular flexibility index (Phi) is 5.84. The standard InChI is InChI=1S/C23H17F3N2O3S/c1-2-31-19(29)13-28-18-11-10-14-6-3-4-9-17(14)20(18)32-22(28)27-21(30)15-7-5-8-16(12-15)23(24,25)26/h3-12H,2,13H2,1H3. The van der Waals surface area contributed by atoms with Crippen LogP contribution in [0.15, 0.2) is 65.7 Å². The average Bonchev–Trinajstić information content (AvgIpc) is 3.10. The van der Waals surface area contributed by atoms with Gasteiger partial charge in [0, 0.05) is 10.9 Å². The van der Waals surface area contributed by atoms with Gasteiger partial charge in [-0.25, -0.2) is 0 Å². The summed E-state index contributed by atoms with van der Waals surface area (Å²) in [5, 5.41) is 1.89. The van der Waals surface area contributed by atoms with Crippen LogP contribution in [0.4, 0.5) is 13.2 Å². The topological polar surface area (TPSA) is 60.7 Å². The molecule has 164 valence electrons. The fourth-order valence-electron chi connectivity index (χ4n) is 3.35. The van der Waals surface area contributed by atoms with Gasteiger partial charge >= 0.3 is 12.1 Å². The summed E-state index contributed by atoms with van der Waals surface area (Å²) in [5.41, 5.74) is -0.442. The molecule has 0 unspecified atom stereocenters. The van der Waals surface area contributed by atoms with E-state index in [2.05, 4.69) is 4.99 Å². The van der Waals surface area contributed by atoms with Crippen LogP contribution in [-0.2, 0) is 22.3 Å². The zero-order valence-corrected chi connectivity index (χ0v) is 17.7. The maximum atomic E-state index is 13.0. The number of esters is 1. The number of halogens is 3. The molecule has 0 N–H and O–H groups in total. The molecule has 9 heteroatoms. The minimum atomic E-state index is -4.57. The van der Waals surface area contributed by atoms with Crippen molar-refractivity contribution in [3.05, 3.63) is 76.6 Å². The van der Waals surface area contributed by atoms with Crippen LogP contribution in [0.2, 0.25) is 0 Å². The van der Waals surface area contributed by atoms with E-state index in [0.29, 0.717) is 5.52 Å². The van der Waals surface area contributed by atoms with Crippen LogP contribution in [0.3, 0.4) is 0 Å². The van der Waals surface area contributed by atoms with Crippen molar-refractivity contribution in [2.24, 2.45) is 4.99 Å². The van der Waals surface area contributed by atoms with E-state index in [4.69, 9.17) is 4.74 Å². The van der Waals surface area contributed by atoms with Crippen molar-refractivity contribution < 1.29 is 27.5 Å². The number of carbonyl (C=O) groups excluding carboxylic acids is 2. The highest BCUT2D eigenvalue weighted by Gasteiger charge is 2.30. The minimum Gasteiger partial charge on any atom is -0.465 e. The van der Waals surface area contributed by atoms with E-state index >= 15 is 0 Å². The van der Waals surface area contributed by atoms with Gasteiger partial charge in [-0.2, -0.15) is 18.2 Å². The normalized spacial score (nSPS) is 12.4. The maximum absolute atomic E-state index is 13.0. The van der Waals surface area contributed by atoms with Crippen LogP contribution in [0.1, 0.15) is 22.8 Å². The van der Waals surface area contributed by atoms with Gasteiger partial charge in [-0.1, -0.05) is 47.7 Å². The first-order valence-corrected chi connectivity index (χ1v) is 10.5. The third-order valence-corrected chi connectivity index (χ3v) is 5.93. The van der Waals surface area contributed by atoms with Crippen LogP contribution in [0, 0.1) is 0 Å². The molecule has 0 radical (unpaired) electrons. The smallest absolute Gasteiger partial charge is 0.416 e. The predicted molar refractivity (Wildman–Crippen MR) is 115 cm³/mol. The Labute approximate surface area is 184 Å². The third kappa shape index (κ3) is 4.29. The lowest BCUT2D eigenvalue weighted by Gasteiger charge is -2.07. The highest BCUT2D eigenvalue weighted by molar-refractivity contribution is 7.17. The van der Waals surface area contributed by atoms with Gasteiger partial charge in [0.15, 0.2) is 4.80 Å². The molecule has 0 saturated carbocycles. The molecule has 0 bridgehead atoms. The number of hydrogen-bond donors (Lipinski definition) is 0. The van der Waals surface area contributed by atoms with Crippen LogP contribution in [0.25, 0.3) is 21.0 Å². The van der Waals surface area contributed by atoms with Gasteiger partial charge in [0.05, 0.1) is 22.4 Å². The van der Waals surface area contributed by atoms with Crippen LogP contribution < -0.4 is 4.80 Å². The molecule has 1 heterocycles. The van der Waals surface area contributed by atoms with Crippen molar-refractivity contribution in [2.45, 2.75) is 19.6 Å². The van der Waals surface area contributed by atoms with Crippen LogP contribution in [-0.4, -0.2) is 23.1 Å². The Morgan fingerprint density at radius 2 is 1.84 bits per heavy atom. The Balaban J connectivity index is 1.88.